The quantitative estimate of drug-likeness (QED) is 0.356. The van der Waals surface area contributed by atoms with Crippen LogP contribution in [0.3, 0.4) is 0 Å². The number of nitro groups is 2. The molecule has 0 aliphatic carbocycles. The van der Waals surface area contributed by atoms with E-state index < -0.39 is 41.3 Å². The number of nitro benzene ring substituents is 2. The molecule has 0 unspecified atom stereocenters. The summed E-state index contributed by atoms with van der Waals surface area (Å²) in [5.41, 5.74) is -1.69. The van der Waals surface area contributed by atoms with Crippen LogP contribution in [0.4, 0.5) is 11.4 Å². The normalized spacial score (nSPS) is 10.2. The lowest BCUT2D eigenvalue weighted by atomic mass is 10.2. The average molecular weight is 306 g/mol. The molecule has 1 aromatic rings. The SMILES string of the molecule is O=[N+]([O-])c1c(Cl)c(Cl)c(Cl)c([N+](=O)[O-])c1Cl. The van der Waals surface area contributed by atoms with Crippen LogP contribution in [0.1, 0.15) is 0 Å². The molecule has 0 aliphatic heterocycles. The summed E-state index contributed by atoms with van der Waals surface area (Å²) in [5, 5.41) is 18.9. The maximum Gasteiger partial charge on any atom is 0.315 e. The maximum absolute atomic E-state index is 10.6. The summed E-state index contributed by atoms with van der Waals surface area (Å²) in [5.74, 6) is 0. The zero-order chi connectivity index (χ0) is 12.6. The first-order valence-electron chi connectivity index (χ1n) is 3.43. The number of nitrogens with zero attached hydrogens (tertiary/aromatic N) is 2. The highest BCUT2D eigenvalue weighted by atomic mass is 35.5. The summed E-state index contributed by atoms with van der Waals surface area (Å²) in [6.07, 6.45) is 0. The Morgan fingerprint density at radius 1 is 0.688 bits per heavy atom. The molecule has 0 aromatic heterocycles. The van der Waals surface area contributed by atoms with Gasteiger partial charge in [0.15, 0.2) is 5.02 Å². The smallest absolute Gasteiger partial charge is 0.258 e. The van der Waals surface area contributed by atoms with E-state index in [4.69, 9.17) is 46.4 Å². The fourth-order valence-electron chi connectivity index (χ4n) is 0.930. The Morgan fingerprint density at radius 3 is 1.25 bits per heavy atom. The van der Waals surface area contributed by atoms with Crippen molar-refractivity contribution in [1.82, 2.24) is 0 Å². The van der Waals surface area contributed by atoms with Crippen LogP contribution in [0.5, 0.6) is 0 Å². The van der Waals surface area contributed by atoms with Crippen LogP contribution in [0, 0.1) is 20.2 Å². The van der Waals surface area contributed by atoms with Crippen molar-refractivity contribution in [2.75, 3.05) is 0 Å². The third kappa shape index (κ3) is 2.01. The Bertz CT molecular complexity index is 463. The first-order valence-corrected chi connectivity index (χ1v) is 4.95. The summed E-state index contributed by atoms with van der Waals surface area (Å²) in [7, 11) is 0. The number of rotatable bonds is 2. The minimum atomic E-state index is -0.972. The van der Waals surface area contributed by atoms with Gasteiger partial charge < -0.3 is 0 Å². The molecule has 6 nitrogen and oxygen atoms in total. The summed E-state index contributed by atoms with van der Waals surface area (Å²) in [6, 6.07) is 0. The van der Waals surface area contributed by atoms with E-state index >= 15 is 0 Å². The van der Waals surface area contributed by atoms with Gasteiger partial charge in [0.05, 0.1) is 14.9 Å². The molecule has 0 atom stereocenters. The number of halogens is 4. The Balaban J connectivity index is 3.80. The van der Waals surface area contributed by atoms with E-state index in [1.54, 1.807) is 0 Å². The van der Waals surface area contributed by atoms with Crippen LogP contribution in [0.25, 0.3) is 0 Å². The van der Waals surface area contributed by atoms with E-state index in [0.29, 0.717) is 0 Å². The first kappa shape index (κ1) is 13.2. The third-order valence-electron chi connectivity index (χ3n) is 1.58. The molecule has 16 heavy (non-hydrogen) atoms. The van der Waals surface area contributed by atoms with E-state index in [-0.39, 0.29) is 0 Å². The number of hydrogen-bond acceptors (Lipinski definition) is 4. The van der Waals surface area contributed by atoms with Crippen molar-refractivity contribution in [1.29, 1.82) is 0 Å². The van der Waals surface area contributed by atoms with Crippen LogP contribution >= 0.6 is 46.4 Å². The molecule has 0 aliphatic rings. The molecule has 0 amide bonds. The Kier molecular flexibility index (Phi) is 3.80. The highest BCUT2D eigenvalue weighted by Gasteiger charge is 2.34. The van der Waals surface area contributed by atoms with Gasteiger partial charge in [-0.2, -0.15) is 0 Å². The topological polar surface area (TPSA) is 86.3 Å². The van der Waals surface area contributed by atoms with Gasteiger partial charge in [0.25, 0.3) is 0 Å². The third-order valence-corrected chi connectivity index (χ3v) is 3.25. The first-order chi connectivity index (χ1) is 7.29. The highest BCUT2D eigenvalue weighted by Crippen LogP contribution is 2.49. The molecule has 0 heterocycles. The van der Waals surface area contributed by atoms with Crippen molar-refractivity contribution >= 4 is 57.8 Å². The zero-order valence-electron chi connectivity index (χ0n) is 7.04. The van der Waals surface area contributed by atoms with Crippen molar-refractivity contribution in [2.45, 2.75) is 0 Å². The largest absolute Gasteiger partial charge is 0.315 e. The molecule has 0 radical (unpaired) electrons. The van der Waals surface area contributed by atoms with E-state index in [1.807, 2.05) is 0 Å². The fourth-order valence-corrected chi connectivity index (χ4v) is 2.10. The van der Waals surface area contributed by atoms with Crippen LogP contribution in [-0.4, -0.2) is 9.85 Å². The van der Waals surface area contributed by atoms with Gasteiger partial charge in [0.1, 0.15) is 10.0 Å². The summed E-state index contributed by atoms with van der Waals surface area (Å²) in [6.45, 7) is 0. The fraction of sp³-hybridized carbons (Fsp3) is 0. The Morgan fingerprint density at radius 2 is 1.00 bits per heavy atom. The maximum atomic E-state index is 10.6. The van der Waals surface area contributed by atoms with Gasteiger partial charge in [-0.05, 0) is 0 Å². The molecule has 0 saturated carbocycles. The molecule has 0 N–H and O–H groups in total. The second-order valence-corrected chi connectivity index (χ2v) is 3.98. The van der Waals surface area contributed by atoms with Crippen molar-refractivity contribution in [3.05, 3.63) is 40.3 Å². The standard InChI is InChI=1S/C6Cl4N2O4/c7-1-2(8)5(11(13)14)4(10)6(3(1)9)12(15)16. The minimum Gasteiger partial charge on any atom is -0.258 e. The van der Waals surface area contributed by atoms with Gasteiger partial charge in [0.2, 0.25) is 0 Å². The summed E-state index contributed by atoms with van der Waals surface area (Å²) < 4.78 is 0. The van der Waals surface area contributed by atoms with Gasteiger partial charge in [0, 0.05) is 0 Å². The van der Waals surface area contributed by atoms with Crippen molar-refractivity contribution < 1.29 is 9.85 Å². The average Bonchev–Trinajstić information content (AvgIpc) is 2.13. The Labute approximate surface area is 108 Å². The van der Waals surface area contributed by atoms with Gasteiger partial charge in [-0.3, -0.25) is 20.2 Å². The lowest BCUT2D eigenvalue weighted by Crippen LogP contribution is -1.97. The van der Waals surface area contributed by atoms with Gasteiger partial charge in [-0.1, -0.05) is 46.4 Å². The molecule has 86 valence electrons. The lowest BCUT2D eigenvalue weighted by molar-refractivity contribution is -0.393. The van der Waals surface area contributed by atoms with Gasteiger partial charge >= 0.3 is 11.4 Å². The molecule has 1 rings (SSSR count). The van der Waals surface area contributed by atoms with Crippen LogP contribution in [0.2, 0.25) is 20.1 Å². The molecule has 1 aromatic carbocycles. The molecule has 0 bridgehead atoms. The molecule has 0 saturated heterocycles. The van der Waals surface area contributed by atoms with Crippen molar-refractivity contribution in [3.8, 4) is 0 Å². The second-order valence-electron chi connectivity index (χ2n) is 2.47. The van der Waals surface area contributed by atoms with E-state index in [2.05, 4.69) is 0 Å². The van der Waals surface area contributed by atoms with Gasteiger partial charge in [-0.25, -0.2) is 0 Å². The summed E-state index contributed by atoms with van der Waals surface area (Å²) >= 11 is 22.0. The van der Waals surface area contributed by atoms with Crippen LogP contribution < -0.4 is 0 Å². The molecule has 10 heteroatoms. The molecular formula is C6Cl4N2O4. The second kappa shape index (κ2) is 4.58. The summed E-state index contributed by atoms with van der Waals surface area (Å²) in [4.78, 5) is 19.2. The predicted octanol–water partition coefficient (Wildman–Crippen LogP) is 4.12. The zero-order valence-corrected chi connectivity index (χ0v) is 10.1. The molecule has 0 spiro atoms. The van der Waals surface area contributed by atoms with Gasteiger partial charge in [-0.15, -0.1) is 0 Å². The van der Waals surface area contributed by atoms with Crippen LogP contribution in [-0.2, 0) is 0 Å². The molecule has 0 fully saturated rings. The predicted molar refractivity (Wildman–Crippen MR) is 59.8 cm³/mol. The number of benzene rings is 1. The lowest BCUT2D eigenvalue weighted by Gasteiger charge is -2.04. The van der Waals surface area contributed by atoms with Crippen LogP contribution in [0.15, 0.2) is 0 Å². The Hall–Kier alpha value is -0.820. The van der Waals surface area contributed by atoms with Crippen molar-refractivity contribution in [2.24, 2.45) is 0 Å². The van der Waals surface area contributed by atoms with Crippen molar-refractivity contribution in [3.63, 3.8) is 0 Å². The van der Waals surface area contributed by atoms with E-state index in [9.17, 15) is 20.2 Å². The molecular weight excluding hydrogens is 306 g/mol. The highest BCUT2D eigenvalue weighted by molar-refractivity contribution is 6.52. The number of hydrogen-bond donors (Lipinski definition) is 0. The van der Waals surface area contributed by atoms with E-state index in [1.165, 1.54) is 0 Å². The van der Waals surface area contributed by atoms with E-state index in [0.717, 1.165) is 0 Å². The monoisotopic (exact) mass is 304 g/mol. The minimum absolute atomic E-state index is 0.480.